The van der Waals surface area contributed by atoms with Gasteiger partial charge < -0.3 is 10.6 Å². The minimum Gasteiger partial charge on any atom is -0.321 e. The van der Waals surface area contributed by atoms with Crippen LogP contribution in [0.5, 0.6) is 0 Å². The quantitative estimate of drug-likeness (QED) is 0.455. The number of halogens is 6. The van der Waals surface area contributed by atoms with Crippen molar-refractivity contribution >= 4 is 46.5 Å². The van der Waals surface area contributed by atoms with Crippen molar-refractivity contribution in [3.63, 3.8) is 0 Å². The highest BCUT2D eigenvalue weighted by Crippen LogP contribution is 2.33. The smallest absolute Gasteiger partial charge is 0.321 e. The first-order valence-electron chi connectivity index (χ1n) is 8.45. The number of amides is 2. The van der Waals surface area contributed by atoms with E-state index >= 15 is 0 Å². The number of nitrogens with one attached hydrogen (secondary N) is 2. The second-order valence-electron chi connectivity index (χ2n) is 6.15. The lowest BCUT2D eigenvalue weighted by Gasteiger charge is -2.15. The first-order valence-corrected chi connectivity index (χ1v) is 9.21. The van der Waals surface area contributed by atoms with Crippen LogP contribution in [0.2, 0.25) is 10.0 Å². The van der Waals surface area contributed by atoms with E-state index in [9.17, 15) is 27.2 Å². The summed E-state index contributed by atoms with van der Waals surface area (Å²) in [4.78, 5) is 29.1. The lowest BCUT2D eigenvalue weighted by atomic mass is 10.1. The summed E-state index contributed by atoms with van der Waals surface area (Å²) in [5.74, 6) is -2.92. The molecule has 1 heterocycles. The van der Waals surface area contributed by atoms with Gasteiger partial charge in [0.25, 0.3) is 11.8 Å². The van der Waals surface area contributed by atoms with Gasteiger partial charge >= 0.3 is 6.18 Å². The van der Waals surface area contributed by atoms with Gasteiger partial charge in [-0.05, 0) is 48.5 Å². The van der Waals surface area contributed by atoms with Crippen LogP contribution in [0.1, 0.15) is 26.3 Å². The van der Waals surface area contributed by atoms with E-state index in [4.69, 9.17) is 23.2 Å². The Morgan fingerprint density at radius 1 is 0.839 bits per heavy atom. The first kappa shape index (κ1) is 22.5. The van der Waals surface area contributed by atoms with Crippen LogP contribution in [0.25, 0.3) is 0 Å². The highest BCUT2D eigenvalue weighted by molar-refractivity contribution is 6.31. The Morgan fingerprint density at radius 2 is 1.52 bits per heavy atom. The number of carbonyl (C=O) groups excluding carboxylic acids is 2. The van der Waals surface area contributed by atoms with Gasteiger partial charge in [0.05, 0.1) is 27.4 Å². The van der Waals surface area contributed by atoms with Crippen molar-refractivity contribution in [2.24, 2.45) is 0 Å². The van der Waals surface area contributed by atoms with Crippen molar-refractivity contribution in [2.45, 2.75) is 6.18 Å². The molecule has 2 aromatic carbocycles. The van der Waals surface area contributed by atoms with E-state index in [0.29, 0.717) is 11.1 Å². The number of hydrogen-bond donors (Lipinski definition) is 2. The second kappa shape index (κ2) is 8.91. The molecule has 0 unspecified atom stereocenters. The fraction of sp³-hybridized carbons (Fsp3) is 0.0500. The number of anilines is 2. The van der Waals surface area contributed by atoms with E-state index in [1.807, 2.05) is 0 Å². The van der Waals surface area contributed by atoms with Crippen molar-refractivity contribution in [3.8, 4) is 0 Å². The van der Waals surface area contributed by atoms with Gasteiger partial charge in [-0.25, -0.2) is 9.37 Å². The highest BCUT2D eigenvalue weighted by atomic mass is 35.5. The average Bonchev–Trinajstić information content (AvgIpc) is 2.70. The first-order chi connectivity index (χ1) is 14.5. The Morgan fingerprint density at radius 3 is 2.16 bits per heavy atom. The Balaban J connectivity index is 1.92. The number of hydrogen-bond acceptors (Lipinski definition) is 3. The van der Waals surface area contributed by atoms with Gasteiger partial charge in [0, 0.05) is 11.2 Å². The van der Waals surface area contributed by atoms with Crippen molar-refractivity contribution < 1.29 is 27.2 Å². The average molecular weight is 472 g/mol. The van der Waals surface area contributed by atoms with Gasteiger partial charge in [-0.1, -0.05) is 23.2 Å². The molecule has 31 heavy (non-hydrogen) atoms. The van der Waals surface area contributed by atoms with Crippen LogP contribution in [0.4, 0.5) is 29.1 Å². The van der Waals surface area contributed by atoms with Crippen LogP contribution in [0.3, 0.4) is 0 Å². The molecular formula is C20H11Cl2F4N3O2. The Hall–Kier alpha value is -3.17. The molecule has 2 amide bonds. The standard InChI is InChI=1S/C20H11Cl2F4N3O2/c21-10-1-5-16(14(7-10)19(31)29-17-6-2-11(22)9-27-17)28-18(30)13-4-3-12(23)8-15(13)20(24,25)26/h1-9H,(H,28,30)(H,27,29,31). The predicted octanol–water partition coefficient (Wildman–Crippen LogP) is 6.05. The maximum atomic E-state index is 13.3. The molecule has 0 saturated heterocycles. The van der Waals surface area contributed by atoms with Crippen LogP contribution in [-0.2, 0) is 6.18 Å². The fourth-order valence-electron chi connectivity index (χ4n) is 2.59. The van der Waals surface area contributed by atoms with Crippen LogP contribution in [0.15, 0.2) is 54.7 Å². The number of nitrogens with zero attached hydrogens (tertiary/aromatic N) is 1. The molecule has 0 atom stereocenters. The zero-order chi connectivity index (χ0) is 22.8. The Kier molecular flexibility index (Phi) is 6.47. The number of alkyl halides is 3. The molecular weight excluding hydrogens is 461 g/mol. The van der Waals surface area contributed by atoms with Gasteiger partial charge in [0.2, 0.25) is 0 Å². The summed E-state index contributed by atoms with van der Waals surface area (Å²) >= 11 is 11.7. The van der Waals surface area contributed by atoms with Crippen LogP contribution in [-0.4, -0.2) is 16.8 Å². The van der Waals surface area contributed by atoms with Crippen molar-refractivity contribution in [3.05, 3.63) is 87.3 Å². The van der Waals surface area contributed by atoms with Crippen LogP contribution in [0, 0.1) is 5.82 Å². The number of rotatable bonds is 4. The SMILES string of the molecule is O=C(Nc1ccc(Cl)cn1)c1cc(Cl)ccc1NC(=O)c1ccc(F)cc1C(F)(F)F. The molecule has 0 saturated carbocycles. The number of carbonyl (C=O) groups is 2. The van der Waals surface area contributed by atoms with Crippen molar-refractivity contribution in [1.29, 1.82) is 0 Å². The molecule has 3 aromatic rings. The zero-order valence-electron chi connectivity index (χ0n) is 15.2. The summed E-state index contributed by atoms with van der Waals surface area (Å²) in [7, 11) is 0. The molecule has 160 valence electrons. The molecule has 0 aliphatic heterocycles. The third kappa shape index (κ3) is 5.50. The molecule has 0 bridgehead atoms. The fourth-order valence-corrected chi connectivity index (χ4v) is 2.87. The van der Waals surface area contributed by atoms with Gasteiger partial charge in [-0.3, -0.25) is 9.59 Å². The van der Waals surface area contributed by atoms with E-state index in [2.05, 4.69) is 15.6 Å². The Labute approximate surface area is 183 Å². The van der Waals surface area contributed by atoms with Crippen molar-refractivity contribution in [2.75, 3.05) is 10.6 Å². The van der Waals surface area contributed by atoms with Gasteiger partial charge in [0.15, 0.2) is 0 Å². The molecule has 1 aromatic heterocycles. The molecule has 0 spiro atoms. The van der Waals surface area contributed by atoms with Gasteiger partial charge in [0.1, 0.15) is 11.6 Å². The van der Waals surface area contributed by atoms with E-state index in [1.54, 1.807) is 0 Å². The summed E-state index contributed by atoms with van der Waals surface area (Å²) < 4.78 is 52.9. The summed E-state index contributed by atoms with van der Waals surface area (Å²) in [6.07, 6.45) is -3.67. The zero-order valence-corrected chi connectivity index (χ0v) is 16.7. The number of aromatic nitrogens is 1. The molecule has 0 aliphatic carbocycles. The molecule has 0 aliphatic rings. The molecule has 0 fully saturated rings. The second-order valence-corrected chi connectivity index (χ2v) is 7.02. The van der Waals surface area contributed by atoms with Crippen molar-refractivity contribution in [1.82, 2.24) is 4.98 Å². The lowest BCUT2D eigenvalue weighted by molar-refractivity contribution is -0.138. The third-order valence-electron chi connectivity index (χ3n) is 3.98. The molecule has 2 N–H and O–H groups in total. The third-order valence-corrected chi connectivity index (χ3v) is 4.43. The van der Waals surface area contributed by atoms with E-state index in [0.717, 1.165) is 6.07 Å². The summed E-state index contributed by atoms with van der Waals surface area (Å²) in [6, 6.07) is 8.38. The molecule has 3 rings (SSSR count). The Bertz CT molecular complexity index is 1150. The maximum Gasteiger partial charge on any atom is 0.417 e. The molecule has 11 heteroatoms. The number of benzene rings is 2. The number of pyridine rings is 1. The van der Waals surface area contributed by atoms with E-state index in [-0.39, 0.29) is 28.2 Å². The van der Waals surface area contributed by atoms with Crippen LogP contribution >= 0.6 is 23.2 Å². The maximum absolute atomic E-state index is 13.3. The summed E-state index contributed by atoms with van der Waals surface area (Å²) in [5, 5.41) is 5.19. The normalized spacial score (nSPS) is 11.2. The lowest BCUT2D eigenvalue weighted by Crippen LogP contribution is -2.21. The summed E-state index contributed by atoms with van der Waals surface area (Å²) in [5.41, 5.74) is -2.50. The minimum atomic E-state index is -4.96. The molecule has 5 nitrogen and oxygen atoms in total. The van der Waals surface area contributed by atoms with Gasteiger partial charge in [-0.15, -0.1) is 0 Å². The van der Waals surface area contributed by atoms with Crippen LogP contribution < -0.4 is 10.6 Å². The van der Waals surface area contributed by atoms with E-state index in [1.165, 1.54) is 36.5 Å². The predicted molar refractivity (Wildman–Crippen MR) is 108 cm³/mol. The van der Waals surface area contributed by atoms with Gasteiger partial charge in [-0.2, -0.15) is 13.2 Å². The highest BCUT2D eigenvalue weighted by Gasteiger charge is 2.36. The summed E-state index contributed by atoms with van der Waals surface area (Å²) in [6.45, 7) is 0. The monoisotopic (exact) mass is 471 g/mol. The minimum absolute atomic E-state index is 0.113. The van der Waals surface area contributed by atoms with E-state index < -0.39 is 34.9 Å². The topological polar surface area (TPSA) is 71.1 Å². The largest absolute Gasteiger partial charge is 0.417 e. The molecule has 0 radical (unpaired) electrons.